The Morgan fingerprint density at radius 3 is 2.38 bits per heavy atom. The van der Waals surface area contributed by atoms with E-state index in [0.29, 0.717) is 0 Å². The van der Waals surface area contributed by atoms with E-state index in [1.54, 1.807) is 0 Å². The lowest BCUT2D eigenvalue weighted by molar-refractivity contribution is 0.0870. The van der Waals surface area contributed by atoms with Crippen LogP contribution in [0.1, 0.15) is 60.0 Å². The van der Waals surface area contributed by atoms with Gasteiger partial charge in [-0.15, -0.1) is 0 Å². The van der Waals surface area contributed by atoms with Crippen LogP contribution in [0.3, 0.4) is 0 Å². The third-order valence-electron chi connectivity index (χ3n) is 6.68. The van der Waals surface area contributed by atoms with Gasteiger partial charge in [0.05, 0.1) is 0 Å². The molecule has 4 rings (SSSR count). The fourth-order valence-electron chi connectivity index (χ4n) is 4.95. The highest BCUT2D eigenvalue weighted by Crippen LogP contribution is 2.33. The second-order valence-corrected chi connectivity index (χ2v) is 8.33. The Bertz CT molecular complexity index is 806. The van der Waals surface area contributed by atoms with Crippen LogP contribution in [0.25, 0.3) is 10.8 Å². The molecular weight excluding hydrogens is 320 g/mol. The van der Waals surface area contributed by atoms with Gasteiger partial charge in [0.2, 0.25) is 0 Å². The van der Waals surface area contributed by atoms with Crippen LogP contribution in [0.4, 0.5) is 0 Å². The number of benzene rings is 2. The molecule has 0 heterocycles. The van der Waals surface area contributed by atoms with Gasteiger partial charge in [-0.05, 0) is 67.7 Å². The van der Waals surface area contributed by atoms with E-state index in [2.05, 4.69) is 48.6 Å². The fourth-order valence-corrected chi connectivity index (χ4v) is 4.95. The molecule has 0 unspecified atom stereocenters. The normalized spacial score (nSPS) is 18.9. The predicted molar refractivity (Wildman–Crippen MR) is 108 cm³/mol. The minimum Gasteiger partial charge on any atom is -0.350 e. The summed E-state index contributed by atoms with van der Waals surface area (Å²) in [5.74, 6) is 0.0751. The fraction of sp³-hybridized carbons (Fsp3) is 0.522. The first kappa shape index (κ1) is 17.5. The molecule has 1 fully saturated rings. The van der Waals surface area contributed by atoms with Crippen molar-refractivity contribution in [1.29, 1.82) is 0 Å². The Balaban J connectivity index is 1.58. The van der Waals surface area contributed by atoms with Gasteiger partial charge in [0, 0.05) is 17.6 Å². The van der Waals surface area contributed by atoms with Crippen molar-refractivity contribution in [2.75, 3.05) is 20.6 Å². The number of amides is 1. The van der Waals surface area contributed by atoms with Crippen molar-refractivity contribution >= 4 is 16.7 Å². The number of carbonyl (C=O) groups is 1. The van der Waals surface area contributed by atoms with Gasteiger partial charge in [0.1, 0.15) is 0 Å². The molecule has 26 heavy (non-hydrogen) atoms. The topological polar surface area (TPSA) is 32.3 Å². The summed E-state index contributed by atoms with van der Waals surface area (Å²) in [6.07, 6.45) is 9.69. The third kappa shape index (κ3) is 3.03. The van der Waals surface area contributed by atoms with Crippen LogP contribution in [0.2, 0.25) is 0 Å². The van der Waals surface area contributed by atoms with E-state index in [4.69, 9.17) is 0 Å². The summed E-state index contributed by atoms with van der Waals surface area (Å²) < 4.78 is 0. The summed E-state index contributed by atoms with van der Waals surface area (Å²) in [5.41, 5.74) is 3.71. The number of nitrogens with zero attached hydrogens (tertiary/aromatic N) is 1. The Labute approximate surface area is 156 Å². The molecule has 1 amide bonds. The molecule has 2 aromatic carbocycles. The van der Waals surface area contributed by atoms with Gasteiger partial charge in [0.25, 0.3) is 5.91 Å². The Hall–Kier alpha value is -1.87. The summed E-state index contributed by atoms with van der Waals surface area (Å²) in [4.78, 5) is 15.4. The van der Waals surface area contributed by atoms with Crippen molar-refractivity contribution < 1.29 is 4.79 Å². The molecule has 3 nitrogen and oxygen atoms in total. The second kappa shape index (κ2) is 7.03. The minimum absolute atomic E-state index is 0.0751. The van der Waals surface area contributed by atoms with Crippen molar-refractivity contribution in [1.82, 2.24) is 10.2 Å². The van der Waals surface area contributed by atoms with E-state index in [9.17, 15) is 4.79 Å². The molecule has 1 N–H and O–H groups in total. The first-order valence-electron chi connectivity index (χ1n) is 10.1. The Kier molecular flexibility index (Phi) is 4.74. The number of carbonyl (C=O) groups excluding carboxylic acids is 1. The van der Waals surface area contributed by atoms with Gasteiger partial charge in [0.15, 0.2) is 0 Å². The SMILES string of the molecule is CN(C)C1(CNC(=O)c2ccc3c4c(cccc24)CC3)CCCCCC1. The first-order chi connectivity index (χ1) is 12.6. The van der Waals surface area contributed by atoms with E-state index in [1.165, 1.54) is 55.0 Å². The lowest BCUT2D eigenvalue weighted by atomic mass is 9.88. The van der Waals surface area contributed by atoms with Crippen LogP contribution < -0.4 is 5.32 Å². The van der Waals surface area contributed by atoms with Crippen LogP contribution in [0.5, 0.6) is 0 Å². The molecule has 0 aliphatic heterocycles. The molecule has 2 aliphatic rings. The summed E-state index contributed by atoms with van der Waals surface area (Å²) in [7, 11) is 4.33. The smallest absolute Gasteiger partial charge is 0.251 e. The molecule has 0 saturated heterocycles. The zero-order valence-electron chi connectivity index (χ0n) is 16.1. The summed E-state index contributed by atoms with van der Waals surface area (Å²) >= 11 is 0. The average molecular weight is 351 g/mol. The van der Waals surface area contributed by atoms with E-state index >= 15 is 0 Å². The third-order valence-corrected chi connectivity index (χ3v) is 6.68. The molecule has 1 saturated carbocycles. The molecule has 2 aliphatic carbocycles. The zero-order chi connectivity index (χ0) is 18.1. The van der Waals surface area contributed by atoms with Crippen LogP contribution in [0, 0.1) is 0 Å². The maximum absolute atomic E-state index is 13.1. The molecular formula is C23H30N2O. The van der Waals surface area contributed by atoms with Crippen LogP contribution in [-0.4, -0.2) is 37.0 Å². The number of hydrogen-bond donors (Lipinski definition) is 1. The van der Waals surface area contributed by atoms with Crippen molar-refractivity contribution in [3.05, 3.63) is 47.0 Å². The van der Waals surface area contributed by atoms with E-state index in [1.807, 2.05) is 6.07 Å². The molecule has 138 valence electrons. The van der Waals surface area contributed by atoms with Crippen molar-refractivity contribution in [3.63, 3.8) is 0 Å². The zero-order valence-corrected chi connectivity index (χ0v) is 16.1. The van der Waals surface area contributed by atoms with Gasteiger partial charge >= 0.3 is 0 Å². The number of aryl methyl sites for hydroxylation is 2. The molecule has 0 bridgehead atoms. The van der Waals surface area contributed by atoms with Crippen molar-refractivity contribution in [3.8, 4) is 0 Å². The highest BCUT2D eigenvalue weighted by Gasteiger charge is 2.33. The van der Waals surface area contributed by atoms with Gasteiger partial charge in [-0.1, -0.05) is 49.9 Å². The minimum atomic E-state index is 0.0751. The van der Waals surface area contributed by atoms with E-state index in [0.717, 1.165) is 30.3 Å². The number of rotatable bonds is 4. The molecule has 0 atom stereocenters. The number of hydrogen-bond acceptors (Lipinski definition) is 2. The second-order valence-electron chi connectivity index (χ2n) is 8.33. The van der Waals surface area contributed by atoms with Crippen molar-refractivity contribution in [2.45, 2.75) is 56.9 Å². The van der Waals surface area contributed by atoms with E-state index in [-0.39, 0.29) is 11.4 Å². The quantitative estimate of drug-likeness (QED) is 0.833. The van der Waals surface area contributed by atoms with Gasteiger partial charge in [-0.2, -0.15) is 0 Å². The molecule has 0 aromatic heterocycles. The van der Waals surface area contributed by atoms with Crippen molar-refractivity contribution in [2.24, 2.45) is 0 Å². The average Bonchev–Trinajstić information content (AvgIpc) is 2.91. The molecule has 0 spiro atoms. The monoisotopic (exact) mass is 350 g/mol. The van der Waals surface area contributed by atoms with Gasteiger partial charge < -0.3 is 10.2 Å². The Morgan fingerprint density at radius 2 is 1.69 bits per heavy atom. The first-order valence-corrected chi connectivity index (χ1v) is 10.1. The number of nitrogens with one attached hydrogen (secondary N) is 1. The standard InChI is InChI=1S/C23H30N2O/c1-25(2)23(14-5-3-4-6-15-23)16-24-22(26)20-13-12-18-11-10-17-8-7-9-19(20)21(17)18/h7-9,12-13H,3-6,10-11,14-16H2,1-2H3,(H,24,26). The molecule has 3 heteroatoms. The maximum atomic E-state index is 13.1. The van der Waals surface area contributed by atoms with Gasteiger partial charge in [-0.3, -0.25) is 4.79 Å². The maximum Gasteiger partial charge on any atom is 0.251 e. The van der Waals surface area contributed by atoms with E-state index < -0.39 is 0 Å². The lowest BCUT2D eigenvalue weighted by Crippen LogP contribution is -2.52. The summed E-state index contributed by atoms with van der Waals surface area (Å²) in [6.45, 7) is 0.738. The highest BCUT2D eigenvalue weighted by molar-refractivity contribution is 6.09. The molecule has 2 aromatic rings. The summed E-state index contributed by atoms with van der Waals surface area (Å²) in [5, 5.41) is 5.73. The Morgan fingerprint density at radius 1 is 1.00 bits per heavy atom. The van der Waals surface area contributed by atoms with Crippen LogP contribution in [-0.2, 0) is 12.8 Å². The largest absolute Gasteiger partial charge is 0.350 e. The lowest BCUT2D eigenvalue weighted by Gasteiger charge is -2.39. The highest BCUT2D eigenvalue weighted by atomic mass is 16.1. The van der Waals surface area contributed by atoms with Crippen LogP contribution in [0.15, 0.2) is 30.3 Å². The number of likely N-dealkylation sites (N-methyl/N-ethyl adjacent to an activating group) is 1. The molecule has 0 radical (unpaired) electrons. The van der Waals surface area contributed by atoms with Crippen LogP contribution >= 0.6 is 0 Å². The van der Waals surface area contributed by atoms with Gasteiger partial charge in [-0.25, -0.2) is 0 Å². The summed E-state index contributed by atoms with van der Waals surface area (Å²) in [6, 6.07) is 10.6. The predicted octanol–water partition coefficient (Wildman–Crippen LogP) is 4.32.